The number of hydrogen-bond donors (Lipinski definition) is 2. The summed E-state index contributed by atoms with van der Waals surface area (Å²) in [7, 11) is -2.44. The molecule has 1 fully saturated rings. The highest BCUT2D eigenvalue weighted by Crippen LogP contribution is 2.28. The van der Waals surface area contributed by atoms with Gasteiger partial charge in [0.15, 0.2) is 0 Å². The second kappa shape index (κ2) is 8.67. The fourth-order valence-corrected chi connectivity index (χ4v) is 4.35. The van der Waals surface area contributed by atoms with Crippen molar-refractivity contribution >= 4 is 44.8 Å². The molecule has 1 atom stereocenters. The summed E-state index contributed by atoms with van der Waals surface area (Å²) in [5.41, 5.74) is 0.347. The van der Waals surface area contributed by atoms with Gasteiger partial charge in [0, 0.05) is 17.7 Å². The van der Waals surface area contributed by atoms with Gasteiger partial charge < -0.3 is 14.8 Å². The SMILES string of the molecule is COc1ccc(S(=O)(=O)NC2CCOC2)cc1C(=O)Nc1cc(Cl)ccc1Cl. The van der Waals surface area contributed by atoms with Crippen LogP contribution in [0.15, 0.2) is 41.3 Å². The van der Waals surface area contributed by atoms with Gasteiger partial charge >= 0.3 is 0 Å². The third kappa shape index (κ3) is 4.76. The molecule has 7 nitrogen and oxygen atoms in total. The lowest BCUT2D eigenvalue weighted by Crippen LogP contribution is -2.35. The van der Waals surface area contributed by atoms with Crippen LogP contribution in [0.1, 0.15) is 16.8 Å². The summed E-state index contributed by atoms with van der Waals surface area (Å²) in [5.74, 6) is -0.360. The van der Waals surface area contributed by atoms with E-state index in [1.54, 1.807) is 12.1 Å². The van der Waals surface area contributed by atoms with E-state index in [9.17, 15) is 13.2 Å². The molecule has 1 aliphatic rings. The van der Waals surface area contributed by atoms with Gasteiger partial charge in [-0.15, -0.1) is 0 Å². The zero-order valence-corrected chi connectivity index (χ0v) is 17.2. The molecule has 0 radical (unpaired) electrons. The smallest absolute Gasteiger partial charge is 0.259 e. The molecule has 0 saturated carbocycles. The number of halogens is 2. The highest BCUT2D eigenvalue weighted by Gasteiger charge is 2.25. The molecule has 2 aromatic carbocycles. The largest absolute Gasteiger partial charge is 0.496 e. The van der Waals surface area contributed by atoms with E-state index in [0.717, 1.165) is 0 Å². The Morgan fingerprint density at radius 1 is 1.21 bits per heavy atom. The van der Waals surface area contributed by atoms with E-state index < -0.39 is 15.9 Å². The van der Waals surface area contributed by atoms with Crippen LogP contribution >= 0.6 is 23.2 Å². The maximum atomic E-state index is 12.8. The summed E-state index contributed by atoms with van der Waals surface area (Å²) >= 11 is 12.0. The molecule has 28 heavy (non-hydrogen) atoms. The summed E-state index contributed by atoms with van der Waals surface area (Å²) in [5, 5.41) is 3.31. The zero-order valence-electron chi connectivity index (χ0n) is 14.9. The van der Waals surface area contributed by atoms with Gasteiger partial charge in [0.05, 0.1) is 34.9 Å². The van der Waals surface area contributed by atoms with Crippen molar-refractivity contribution in [3.05, 3.63) is 52.0 Å². The minimum absolute atomic E-state index is 0.0455. The first-order valence-corrected chi connectivity index (χ1v) is 10.6. The Bertz CT molecular complexity index is 991. The number of carbonyl (C=O) groups is 1. The first-order valence-electron chi connectivity index (χ1n) is 8.34. The first-order chi connectivity index (χ1) is 13.3. The Kier molecular flexibility index (Phi) is 6.47. The van der Waals surface area contributed by atoms with Crippen molar-refractivity contribution in [2.45, 2.75) is 17.4 Å². The second-order valence-electron chi connectivity index (χ2n) is 6.12. The number of amides is 1. The van der Waals surface area contributed by atoms with Crippen molar-refractivity contribution in [1.82, 2.24) is 4.72 Å². The molecule has 0 spiro atoms. The van der Waals surface area contributed by atoms with Crippen LogP contribution < -0.4 is 14.8 Å². The van der Waals surface area contributed by atoms with Crippen LogP contribution in [0.4, 0.5) is 5.69 Å². The number of methoxy groups -OCH3 is 1. The van der Waals surface area contributed by atoms with Gasteiger partial charge in [-0.05, 0) is 42.8 Å². The Morgan fingerprint density at radius 2 is 2.00 bits per heavy atom. The van der Waals surface area contributed by atoms with Crippen molar-refractivity contribution < 1.29 is 22.7 Å². The normalized spacial score (nSPS) is 16.8. The monoisotopic (exact) mass is 444 g/mol. The van der Waals surface area contributed by atoms with Gasteiger partial charge in [-0.3, -0.25) is 4.79 Å². The van der Waals surface area contributed by atoms with E-state index in [-0.39, 0.29) is 22.3 Å². The average molecular weight is 445 g/mol. The molecule has 0 aliphatic carbocycles. The Morgan fingerprint density at radius 3 is 2.68 bits per heavy atom. The lowest BCUT2D eigenvalue weighted by atomic mass is 10.2. The number of nitrogens with one attached hydrogen (secondary N) is 2. The van der Waals surface area contributed by atoms with Crippen molar-refractivity contribution in [3.63, 3.8) is 0 Å². The van der Waals surface area contributed by atoms with Gasteiger partial charge in [0.2, 0.25) is 10.0 Å². The molecule has 10 heteroatoms. The van der Waals surface area contributed by atoms with Crippen LogP contribution in [0.25, 0.3) is 0 Å². The van der Waals surface area contributed by atoms with E-state index in [1.807, 2.05) is 0 Å². The summed E-state index contributed by atoms with van der Waals surface area (Å²) in [6.45, 7) is 0.819. The van der Waals surface area contributed by atoms with E-state index in [4.69, 9.17) is 32.7 Å². The maximum Gasteiger partial charge on any atom is 0.259 e. The van der Waals surface area contributed by atoms with Crippen LogP contribution in [0, 0.1) is 0 Å². The highest BCUT2D eigenvalue weighted by molar-refractivity contribution is 7.89. The van der Waals surface area contributed by atoms with Gasteiger partial charge in [0.1, 0.15) is 5.75 Å². The van der Waals surface area contributed by atoms with Gasteiger partial charge in [-0.2, -0.15) is 0 Å². The Hall–Kier alpha value is -1.84. The molecular formula is C18H18Cl2N2O5S. The number of rotatable bonds is 6. The summed E-state index contributed by atoms with van der Waals surface area (Å²) < 4.78 is 38.3. The molecule has 3 rings (SSSR count). The molecule has 1 unspecified atom stereocenters. The molecule has 1 heterocycles. The molecule has 1 amide bonds. The molecule has 150 valence electrons. The molecule has 1 aliphatic heterocycles. The first kappa shape index (κ1) is 20.9. The van der Waals surface area contributed by atoms with Crippen molar-refractivity contribution in [2.75, 3.05) is 25.6 Å². The number of ether oxygens (including phenoxy) is 2. The minimum atomic E-state index is -3.83. The number of hydrogen-bond acceptors (Lipinski definition) is 5. The van der Waals surface area contributed by atoms with Crippen molar-refractivity contribution in [1.29, 1.82) is 0 Å². The fourth-order valence-electron chi connectivity index (χ4n) is 2.73. The van der Waals surface area contributed by atoms with Crippen LogP contribution in [-0.2, 0) is 14.8 Å². The van der Waals surface area contributed by atoms with E-state index in [0.29, 0.717) is 35.4 Å². The predicted molar refractivity (Wildman–Crippen MR) is 107 cm³/mol. The van der Waals surface area contributed by atoms with Crippen LogP contribution in [0.3, 0.4) is 0 Å². The molecule has 0 aromatic heterocycles. The number of sulfonamides is 1. The lowest BCUT2D eigenvalue weighted by molar-refractivity contribution is 0.102. The number of carbonyl (C=O) groups excluding carboxylic acids is 1. The molecular weight excluding hydrogens is 427 g/mol. The number of anilines is 1. The molecule has 0 bridgehead atoms. The van der Waals surface area contributed by atoms with Crippen molar-refractivity contribution in [3.8, 4) is 5.75 Å². The minimum Gasteiger partial charge on any atom is -0.496 e. The molecule has 2 aromatic rings. The third-order valence-corrected chi connectivity index (χ3v) is 6.24. The Labute approximate surface area is 173 Å². The average Bonchev–Trinajstić information content (AvgIpc) is 3.16. The van der Waals surface area contributed by atoms with Gasteiger partial charge in [0.25, 0.3) is 5.91 Å². The maximum absolute atomic E-state index is 12.8. The summed E-state index contributed by atoms with van der Waals surface area (Å²) in [6.07, 6.45) is 0.593. The van der Waals surface area contributed by atoms with Crippen molar-refractivity contribution in [2.24, 2.45) is 0 Å². The van der Waals surface area contributed by atoms with Crippen LogP contribution in [0.2, 0.25) is 10.0 Å². The quantitative estimate of drug-likeness (QED) is 0.712. The van der Waals surface area contributed by atoms with E-state index >= 15 is 0 Å². The summed E-state index contributed by atoms with van der Waals surface area (Å²) in [4.78, 5) is 12.7. The fraction of sp³-hybridized carbons (Fsp3) is 0.278. The highest BCUT2D eigenvalue weighted by atomic mass is 35.5. The standard InChI is InChI=1S/C18H18Cl2N2O5S/c1-26-17-5-3-13(28(24,25)22-12-6-7-27-10-12)9-14(17)18(23)21-16-8-11(19)2-4-15(16)20/h2-5,8-9,12,22H,6-7,10H2,1H3,(H,21,23). The lowest BCUT2D eigenvalue weighted by Gasteiger charge is -2.14. The summed E-state index contributed by atoms with van der Waals surface area (Å²) in [6, 6.07) is 8.39. The topological polar surface area (TPSA) is 93.7 Å². The van der Waals surface area contributed by atoms with E-state index in [1.165, 1.54) is 31.4 Å². The van der Waals surface area contributed by atoms with Crippen LogP contribution in [0.5, 0.6) is 5.75 Å². The predicted octanol–water partition coefficient (Wildman–Crippen LogP) is 3.32. The van der Waals surface area contributed by atoms with E-state index in [2.05, 4.69) is 10.0 Å². The molecule has 2 N–H and O–H groups in total. The second-order valence-corrected chi connectivity index (χ2v) is 8.68. The van der Waals surface area contributed by atoms with Gasteiger partial charge in [-0.25, -0.2) is 13.1 Å². The van der Waals surface area contributed by atoms with Crippen LogP contribution in [-0.4, -0.2) is 40.7 Å². The van der Waals surface area contributed by atoms with Gasteiger partial charge in [-0.1, -0.05) is 23.2 Å². The zero-order chi connectivity index (χ0) is 20.3. The molecule has 1 saturated heterocycles. The third-order valence-electron chi connectivity index (χ3n) is 4.15. The Balaban J connectivity index is 1.90. The number of benzene rings is 2.